The zero-order valence-electron chi connectivity index (χ0n) is 37.8. The zero-order valence-corrected chi connectivity index (χ0v) is 37.8. The number of aliphatic hydroxyl groups is 2. The Morgan fingerprint density at radius 2 is 1.67 bits per heavy atom. The molecule has 5 aliphatic rings. The molecule has 8 rings (SSSR count). The number of aliphatic hydroxyl groups excluding tert-OH is 2. The Balaban J connectivity index is 1.34. The van der Waals surface area contributed by atoms with Crippen molar-refractivity contribution in [3.05, 3.63) is 109 Å². The van der Waals surface area contributed by atoms with Gasteiger partial charge in [0.1, 0.15) is 24.1 Å². The van der Waals surface area contributed by atoms with Gasteiger partial charge in [-0.1, -0.05) is 111 Å². The number of hydrogen-bond acceptors (Lipinski definition) is 9. The van der Waals surface area contributed by atoms with E-state index < -0.39 is 24.0 Å². The van der Waals surface area contributed by atoms with Crippen molar-refractivity contribution >= 4 is 22.4 Å². The predicted octanol–water partition coefficient (Wildman–Crippen LogP) is 10.6. The molecule has 2 saturated carbocycles. The van der Waals surface area contributed by atoms with Crippen molar-refractivity contribution in [2.45, 2.75) is 133 Å². The molecule has 0 radical (unpaired) electrons. The molecule has 344 valence electrons. The number of oxime groups is 1. The number of nitrogens with zero attached hydrogens (tertiary/aromatic N) is 2. The Kier molecular flexibility index (Phi) is 15.9. The van der Waals surface area contributed by atoms with Gasteiger partial charge < -0.3 is 38.9 Å². The van der Waals surface area contributed by atoms with Crippen LogP contribution in [0.2, 0.25) is 0 Å². The van der Waals surface area contributed by atoms with E-state index in [1.54, 1.807) is 12.2 Å². The average molecular weight is 875 g/mol. The Morgan fingerprint density at radius 1 is 0.891 bits per heavy atom. The minimum absolute atomic E-state index is 0.0750. The summed E-state index contributed by atoms with van der Waals surface area (Å²) < 4.78 is 27.1. The Labute approximate surface area is 380 Å². The summed E-state index contributed by atoms with van der Waals surface area (Å²) in [4.78, 5) is 23.9. The second kappa shape index (κ2) is 22.1. The number of carbonyl (C=O) groups excluding carboxylic acids is 1. The van der Waals surface area contributed by atoms with Crippen LogP contribution >= 0.6 is 0 Å². The predicted molar refractivity (Wildman–Crippen MR) is 251 cm³/mol. The van der Waals surface area contributed by atoms with Crippen molar-refractivity contribution < 1.29 is 38.8 Å². The highest BCUT2D eigenvalue weighted by molar-refractivity contribution is 6.03. The normalized spacial score (nSPS) is 27.0. The number of allylic oxidation sites excluding steroid dienone is 1. The molecule has 64 heavy (non-hydrogen) atoms. The molecule has 2 aliphatic heterocycles. The Morgan fingerprint density at radius 3 is 2.45 bits per heavy atom. The molecule has 2 heterocycles. The van der Waals surface area contributed by atoms with E-state index in [4.69, 9.17) is 28.9 Å². The monoisotopic (exact) mass is 875 g/mol. The molecule has 0 spiro atoms. The summed E-state index contributed by atoms with van der Waals surface area (Å²) in [6.45, 7) is 9.83. The third-order valence-corrected chi connectivity index (χ3v) is 14.6. The lowest BCUT2D eigenvalue weighted by molar-refractivity contribution is -0.258. The molecule has 3 aromatic carbocycles. The average Bonchev–Trinajstić information content (AvgIpc) is 3.86. The van der Waals surface area contributed by atoms with Gasteiger partial charge in [-0.05, 0) is 103 Å². The van der Waals surface area contributed by atoms with Crippen LogP contribution in [0.3, 0.4) is 0 Å². The quantitative estimate of drug-likeness (QED) is 0.0582. The van der Waals surface area contributed by atoms with Gasteiger partial charge in [0.25, 0.3) is 0 Å². The van der Waals surface area contributed by atoms with E-state index >= 15 is 4.79 Å². The molecule has 3 aromatic rings. The lowest BCUT2D eigenvalue weighted by Gasteiger charge is -2.60. The number of amides is 1. The van der Waals surface area contributed by atoms with Crippen LogP contribution < -0.4 is 9.47 Å². The van der Waals surface area contributed by atoms with E-state index in [-0.39, 0.29) is 43.5 Å². The van der Waals surface area contributed by atoms with Gasteiger partial charge in [0, 0.05) is 50.5 Å². The molecule has 10 heteroatoms. The number of ether oxygens (including phenoxy) is 4. The van der Waals surface area contributed by atoms with Gasteiger partial charge in [0.15, 0.2) is 0 Å². The molecule has 1 amide bonds. The van der Waals surface area contributed by atoms with Gasteiger partial charge in [0.2, 0.25) is 18.0 Å². The maximum Gasteiger partial charge on any atom is 0.239 e. The third kappa shape index (κ3) is 10.2. The minimum atomic E-state index is -1.35. The summed E-state index contributed by atoms with van der Waals surface area (Å²) in [5.74, 6) is 0.370. The van der Waals surface area contributed by atoms with Crippen LogP contribution in [0, 0.1) is 23.7 Å². The highest BCUT2D eigenvalue weighted by atomic mass is 16.8. The summed E-state index contributed by atoms with van der Waals surface area (Å²) in [7, 11) is 0. The highest BCUT2D eigenvalue weighted by Gasteiger charge is 2.65. The second-order valence-corrected chi connectivity index (χ2v) is 18.6. The maximum absolute atomic E-state index is 15.4. The first-order valence-corrected chi connectivity index (χ1v) is 24.3. The Bertz CT molecular complexity index is 2100. The van der Waals surface area contributed by atoms with Crippen molar-refractivity contribution in [1.82, 2.24) is 4.90 Å². The fraction of sp³-hybridized carbons (Fsp3) is 0.556. The van der Waals surface area contributed by atoms with Crippen molar-refractivity contribution in [3.63, 3.8) is 0 Å². The SMILES string of the molecule is C=CCOc1ccc2c(c1)[C@H]1[C@H](CCCCO)[C@@H](CCCCO)C=C3C(=NOC4CCCCO4)C[C@H](N(Cc4cccc5ccccc45)C(=O)CCC4CCCC4)[C@@](OCC=C)(O2)[C@H]31. The largest absolute Gasteiger partial charge is 0.490 e. The van der Waals surface area contributed by atoms with Crippen LogP contribution in [-0.4, -0.2) is 77.9 Å². The van der Waals surface area contributed by atoms with Gasteiger partial charge in [-0.15, -0.1) is 6.58 Å². The summed E-state index contributed by atoms with van der Waals surface area (Å²) in [5.41, 5.74) is 3.88. The molecule has 0 aromatic heterocycles. The van der Waals surface area contributed by atoms with Crippen LogP contribution in [0.1, 0.15) is 120 Å². The van der Waals surface area contributed by atoms with Gasteiger partial charge in [-0.3, -0.25) is 4.79 Å². The summed E-state index contributed by atoms with van der Waals surface area (Å²) in [6.07, 6.45) is 19.4. The van der Waals surface area contributed by atoms with Gasteiger partial charge in [0.05, 0.1) is 24.8 Å². The number of hydrogen-bond donors (Lipinski definition) is 2. The van der Waals surface area contributed by atoms with Crippen molar-refractivity contribution in [1.29, 1.82) is 0 Å². The fourth-order valence-electron chi connectivity index (χ4n) is 11.6. The van der Waals surface area contributed by atoms with Crippen molar-refractivity contribution in [3.8, 4) is 11.5 Å². The van der Waals surface area contributed by atoms with Crippen LogP contribution in [0.5, 0.6) is 11.5 Å². The standard InChI is InChI=1S/C54H70N2O8/c1-3-31-60-42-26-27-48-46(35-42)52-44(23-10-13-30-58)40(19-9-12-29-57)34-45-47(55-64-51-24-11-14-33-61-51)36-49(54(63-48,53(45)52)62-32-4-2)56(50(59)28-25-38-16-5-6-17-38)37-41-21-15-20-39-18-7-8-22-43(39)41/h3-4,7-8,15,18,20-22,26-27,34-35,38,40,44,49,51-53,57-58H,1-2,5-6,9-14,16-17,19,23-25,28-33,36-37H2/t40-,44+,49-,51?,52+,53+,54+/m0/s1. The van der Waals surface area contributed by atoms with E-state index in [1.807, 2.05) is 12.1 Å². The topological polar surface area (TPSA) is 119 Å². The summed E-state index contributed by atoms with van der Waals surface area (Å²) in [5, 5.41) is 27.3. The number of carbonyl (C=O) groups is 1. The molecule has 3 fully saturated rings. The van der Waals surface area contributed by atoms with E-state index in [1.165, 1.54) is 12.8 Å². The molecule has 1 saturated heterocycles. The van der Waals surface area contributed by atoms with Gasteiger partial charge >= 0.3 is 0 Å². The second-order valence-electron chi connectivity index (χ2n) is 18.6. The van der Waals surface area contributed by atoms with E-state index in [0.717, 1.165) is 103 Å². The summed E-state index contributed by atoms with van der Waals surface area (Å²) in [6, 6.07) is 20.2. The molecule has 10 nitrogen and oxygen atoms in total. The molecular formula is C54H70N2O8. The number of benzene rings is 3. The Hall–Kier alpha value is -4.48. The molecule has 1 unspecified atom stereocenters. The first-order chi connectivity index (χ1) is 31.5. The van der Waals surface area contributed by atoms with E-state index in [0.29, 0.717) is 57.1 Å². The maximum atomic E-state index is 15.4. The van der Waals surface area contributed by atoms with Crippen LogP contribution in [0.4, 0.5) is 0 Å². The molecule has 7 atom stereocenters. The zero-order chi connectivity index (χ0) is 44.3. The lowest BCUT2D eigenvalue weighted by atomic mass is 9.55. The number of rotatable bonds is 22. The van der Waals surface area contributed by atoms with E-state index in [9.17, 15) is 10.2 Å². The van der Waals surface area contributed by atoms with Crippen molar-refractivity contribution in [2.75, 3.05) is 33.0 Å². The number of unbranched alkanes of at least 4 members (excludes halogenated alkanes) is 2. The fourth-order valence-corrected chi connectivity index (χ4v) is 11.6. The summed E-state index contributed by atoms with van der Waals surface area (Å²) >= 11 is 0. The van der Waals surface area contributed by atoms with Crippen LogP contribution in [0.25, 0.3) is 10.8 Å². The molecule has 3 aliphatic carbocycles. The minimum Gasteiger partial charge on any atom is -0.490 e. The van der Waals surface area contributed by atoms with E-state index in [2.05, 4.69) is 72.7 Å². The van der Waals surface area contributed by atoms with Gasteiger partial charge in [-0.25, -0.2) is 0 Å². The molecule has 0 bridgehead atoms. The van der Waals surface area contributed by atoms with Crippen molar-refractivity contribution in [2.24, 2.45) is 28.8 Å². The first-order valence-electron chi connectivity index (χ1n) is 24.3. The smallest absolute Gasteiger partial charge is 0.239 e. The van der Waals surface area contributed by atoms with Gasteiger partial charge in [-0.2, -0.15) is 0 Å². The molecule has 2 N–H and O–H groups in total. The van der Waals surface area contributed by atoms with Crippen LogP contribution in [0.15, 0.2) is 103 Å². The van der Waals surface area contributed by atoms with Crippen LogP contribution in [-0.2, 0) is 25.7 Å². The third-order valence-electron chi connectivity index (χ3n) is 14.6. The highest BCUT2D eigenvalue weighted by Crippen LogP contribution is 2.62. The first kappa shape index (κ1) is 46.1. The molecular weight excluding hydrogens is 805 g/mol. The number of fused-ring (bicyclic) bond motifs is 3. The lowest BCUT2D eigenvalue weighted by Crippen LogP contribution is -2.70.